The average molecular weight is 279 g/mol. The molecule has 0 radical (unpaired) electrons. The number of aromatic nitrogens is 1. The largest absolute Gasteiger partial charge is 0.361 e. The highest BCUT2D eigenvalue weighted by atomic mass is 35.5. The summed E-state index contributed by atoms with van der Waals surface area (Å²) in [6.07, 6.45) is 1.55. The zero-order valence-electron chi connectivity index (χ0n) is 9.83. The molecule has 0 atom stereocenters. The fourth-order valence-electron chi connectivity index (χ4n) is 2.14. The molecule has 6 heteroatoms. The molecule has 0 saturated heterocycles. The minimum Gasteiger partial charge on any atom is -0.361 e. The Bertz CT molecular complexity index is 763. The first kappa shape index (κ1) is 11.9. The summed E-state index contributed by atoms with van der Waals surface area (Å²) in [6, 6.07) is 4.17. The highest BCUT2D eigenvalue weighted by Crippen LogP contribution is 2.34. The third kappa shape index (κ3) is 1.58. The molecule has 2 heterocycles. The summed E-state index contributed by atoms with van der Waals surface area (Å²) in [5.74, 6) is -1.46. The van der Waals surface area contributed by atoms with Crippen LogP contribution in [0.1, 0.15) is 5.56 Å². The van der Waals surface area contributed by atoms with Gasteiger partial charge in [0.15, 0.2) is 0 Å². The first-order valence-electron chi connectivity index (χ1n) is 5.50. The molecule has 0 fully saturated rings. The molecular formula is C13H8ClFN2O2. The number of carbonyl (C=O) groups is 2. The maximum atomic E-state index is 13.3. The van der Waals surface area contributed by atoms with Gasteiger partial charge in [0.25, 0.3) is 11.8 Å². The van der Waals surface area contributed by atoms with Crippen molar-refractivity contribution in [2.24, 2.45) is 0 Å². The van der Waals surface area contributed by atoms with Crippen molar-refractivity contribution in [2.45, 2.75) is 0 Å². The van der Waals surface area contributed by atoms with Gasteiger partial charge >= 0.3 is 0 Å². The van der Waals surface area contributed by atoms with Gasteiger partial charge in [-0.05, 0) is 18.2 Å². The number of halogens is 2. The summed E-state index contributed by atoms with van der Waals surface area (Å²) in [5, 5.41) is 0.377. The van der Waals surface area contributed by atoms with Crippen LogP contribution in [-0.4, -0.2) is 28.7 Å². The molecule has 0 aliphatic carbocycles. The molecule has 1 aromatic heterocycles. The number of nitrogens with zero attached hydrogens (tertiary/aromatic N) is 1. The van der Waals surface area contributed by atoms with E-state index in [1.54, 1.807) is 12.3 Å². The van der Waals surface area contributed by atoms with E-state index in [0.29, 0.717) is 16.5 Å². The van der Waals surface area contributed by atoms with Gasteiger partial charge in [0.2, 0.25) is 0 Å². The molecule has 1 N–H and O–H groups in total. The Labute approximate surface area is 112 Å². The van der Waals surface area contributed by atoms with Gasteiger partial charge in [0.1, 0.15) is 10.8 Å². The molecule has 3 rings (SSSR count). The molecule has 1 aliphatic rings. The van der Waals surface area contributed by atoms with Gasteiger partial charge < -0.3 is 4.98 Å². The lowest BCUT2D eigenvalue weighted by Gasteiger charge is -2.05. The summed E-state index contributed by atoms with van der Waals surface area (Å²) in [7, 11) is 1.36. The van der Waals surface area contributed by atoms with Crippen LogP contribution in [-0.2, 0) is 9.59 Å². The number of imide groups is 1. The van der Waals surface area contributed by atoms with Crippen LogP contribution in [0.5, 0.6) is 0 Å². The molecule has 1 aliphatic heterocycles. The summed E-state index contributed by atoms with van der Waals surface area (Å²) < 4.78 is 13.3. The van der Waals surface area contributed by atoms with Crippen molar-refractivity contribution in [2.75, 3.05) is 7.05 Å². The predicted octanol–water partition coefficient (Wildman–Crippen LogP) is 2.26. The second-order valence-corrected chi connectivity index (χ2v) is 4.63. The Morgan fingerprint density at radius 1 is 1.26 bits per heavy atom. The van der Waals surface area contributed by atoms with Crippen LogP contribution in [0, 0.1) is 5.82 Å². The molecule has 19 heavy (non-hydrogen) atoms. The number of rotatable bonds is 1. The van der Waals surface area contributed by atoms with Crippen molar-refractivity contribution in [1.82, 2.24) is 9.88 Å². The van der Waals surface area contributed by atoms with Crippen molar-refractivity contribution in [1.29, 1.82) is 0 Å². The van der Waals surface area contributed by atoms with E-state index >= 15 is 0 Å². The molecule has 0 bridgehead atoms. The number of nitrogens with one attached hydrogen (secondary N) is 1. The molecule has 4 nitrogen and oxygen atoms in total. The number of hydrogen-bond donors (Lipinski definition) is 1. The quantitative estimate of drug-likeness (QED) is 0.814. The topological polar surface area (TPSA) is 53.2 Å². The summed E-state index contributed by atoms with van der Waals surface area (Å²) in [5.41, 5.74) is 1.20. The third-order valence-electron chi connectivity index (χ3n) is 3.14. The van der Waals surface area contributed by atoms with Crippen LogP contribution >= 0.6 is 11.6 Å². The van der Waals surface area contributed by atoms with E-state index in [9.17, 15) is 14.0 Å². The molecule has 96 valence electrons. The van der Waals surface area contributed by atoms with Crippen molar-refractivity contribution >= 4 is 39.9 Å². The number of amides is 2. The second kappa shape index (κ2) is 3.93. The van der Waals surface area contributed by atoms with Crippen LogP contribution in [0.4, 0.5) is 4.39 Å². The van der Waals surface area contributed by atoms with Crippen LogP contribution < -0.4 is 0 Å². The highest BCUT2D eigenvalue weighted by molar-refractivity contribution is 6.55. The molecule has 1 aromatic carbocycles. The van der Waals surface area contributed by atoms with Gasteiger partial charge in [-0.3, -0.25) is 14.5 Å². The lowest BCUT2D eigenvalue weighted by molar-refractivity contribution is -0.134. The number of H-pyrrole nitrogens is 1. The fraction of sp³-hybridized carbons (Fsp3) is 0.0769. The first-order valence-corrected chi connectivity index (χ1v) is 5.87. The first-order chi connectivity index (χ1) is 9.00. The normalized spacial score (nSPS) is 16.1. The van der Waals surface area contributed by atoms with E-state index in [1.165, 1.54) is 19.2 Å². The van der Waals surface area contributed by atoms with E-state index in [2.05, 4.69) is 4.98 Å². The van der Waals surface area contributed by atoms with E-state index < -0.39 is 17.6 Å². The number of hydrogen-bond acceptors (Lipinski definition) is 2. The van der Waals surface area contributed by atoms with Crippen molar-refractivity contribution in [3.63, 3.8) is 0 Å². The third-order valence-corrected chi connectivity index (χ3v) is 3.49. The Hall–Kier alpha value is -2.14. The molecule has 0 unspecified atom stereocenters. The Kier molecular flexibility index (Phi) is 2.46. The van der Waals surface area contributed by atoms with E-state index in [-0.39, 0.29) is 10.6 Å². The highest BCUT2D eigenvalue weighted by Gasteiger charge is 2.36. The average Bonchev–Trinajstić information content (AvgIpc) is 2.86. The number of likely N-dealkylation sites (N-methyl/N-ethyl adjacent to an activating group) is 1. The maximum Gasteiger partial charge on any atom is 0.272 e. The second-order valence-electron chi connectivity index (χ2n) is 4.25. The molecule has 0 saturated carbocycles. The number of aromatic amines is 1. The van der Waals surface area contributed by atoms with Crippen LogP contribution in [0.25, 0.3) is 16.5 Å². The Morgan fingerprint density at radius 2 is 2.00 bits per heavy atom. The van der Waals surface area contributed by atoms with Crippen molar-refractivity contribution in [3.8, 4) is 0 Å². The van der Waals surface area contributed by atoms with E-state index in [0.717, 1.165) is 4.90 Å². The monoisotopic (exact) mass is 278 g/mol. The summed E-state index contributed by atoms with van der Waals surface area (Å²) in [4.78, 5) is 27.5. The standard InChI is InChI=1S/C13H8ClFN2O2/c1-17-12(18)10(11(14)13(17)19)8-5-16-9-3-2-6(15)4-7(8)9/h2-5,16H,1H3. The van der Waals surface area contributed by atoms with Gasteiger partial charge in [-0.15, -0.1) is 0 Å². The van der Waals surface area contributed by atoms with Gasteiger partial charge in [-0.25, -0.2) is 4.39 Å². The molecule has 0 spiro atoms. The smallest absolute Gasteiger partial charge is 0.272 e. The number of benzene rings is 1. The van der Waals surface area contributed by atoms with Crippen molar-refractivity contribution in [3.05, 3.63) is 40.8 Å². The molecular weight excluding hydrogens is 271 g/mol. The van der Waals surface area contributed by atoms with Crippen LogP contribution in [0.3, 0.4) is 0 Å². The van der Waals surface area contributed by atoms with Crippen molar-refractivity contribution < 1.29 is 14.0 Å². The van der Waals surface area contributed by atoms with E-state index in [4.69, 9.17) is 11.6 Å². The minimum absolute atomic E-state index is 0.103. The van der Waals surface area contributed by atoms with Gasteiger partial charge in [-0.2, -0.15) is 0 Å². The Morgan fingerprint density at radius 3 is 2.63 bits per heavy atom. The van der Waals surface area contributed by atoms with Gasteiger partial charge in [0.05, 0.1) is 5.57 Å². The Balaban J connectivity index is 2.28. The van der Waals surface area contributed by atoms with Gasteiger partial charge in [0, 0.05) is 29.7 Å². The van der Waals surface area contributed by atoms with E-state index in [1.807, 2.05) is 0 Å². The van der Waals surface area contributed by atoms with Crippen LogP contribution in [0.15, 0.2) is 29.4 Å². The minimum atomic E-state index is -0.549. The zero-order chi connectivity index (χ0) is 13.7. The number of fused-ring (bicyclic) bond motifs is 1. The zero-order valence-corrected chi connectivity index (χ0v) is 10.6. The number of carbonyl (C=O) groups excluding carboxylic acids is 2. The predicted molar refractivity (Wildman–Crippen MR) is 68.8 cm³/mol. The SMILES string of the molecule is CN1C(=O)C(Cl)=C(c2c[nH]c3ccc(F)cc23)C1=O. The molecule has 2 amide bonds. The summed E-state index contributed by atoms with van der Waals surface area (Å²) >= 11 is 5.91. The molecule has 2 aromatic rings. The van der Waals surface area contributed by atoms with Crippen LogP contribution in [0.2, 0.25) is 0 Å². The lowest BCUT2D eigenvalue weighted by Crippen LogP contribution is -2.26. The lowest BCUT2D eigenvalue weighted by atomic mass is 10.1. The van der Waals surface area contributed by atoms with Gasteiger partial charge in [-0.1, -0.05) is 11.6 Å². The fourth-order valence-corrected chi connectivity index (χ4v) is 2.45. The summed E-state index contributed by atoms with van der Waals surface area (Å²) in [6.45, 7) is 0. The maximum absolute atomic E-state index is 13.3.